The summed E-state index contributed by atoms with van der Waals surface area (Å²) in [6.45, 7) is 2.99. The monoisotopic (exact) mass is 190 g/mol. The minimum absolute atomic E-state index is 0.916. The standard InChI is InChI=1S/C10H14N4/c1-7-9(5-14(2)3)8-4-11-6-12-10(8)13-7/h4,6H,5H2,1-3H3,(H,11,12,13). The number of hydrogen-bond acceptors (Lipinski definition) is 3. The lowest BCUT2D eigenvalue weighted by molar-refractivity contribution is 0.403. The molecule has 14 heavy (non-hydrogen) atoms. The first-order valence-corrected chi connectivity index (χ1v) is 4.60. The molecule has 4 heteroatoms. The molecule has 0 bridgehead atoms. The van der Waals surface area contributed by atoms with Crippen LogP contribution in [0.1, 0.15) is 11.3 Å². The highest BCUT2D eigenvalue weighted by atomic mass is 15.1. The van der Waals surface area contributed by atoms with Crippen LogP contribution in [0.5, 0.6) is 0 Å². The minimum atomic E-state index is 0.916. The molecule has 0 unspecified atom stereocenters. The average Bonchev–Trinajstić information content (AvgIpc) is 2.43. The maximum atomic E-state index is 4.18. The molecule has 4 nitrogen and oxygen atoms in total. The Hall–Kier alpha value is -1.42. The first-order chi connectivity index (χ1) is 6.68. The SMILES string of the molecule is Cc1[nH]c2ncncc2c1CN(C)C. The minimum Gasteiger partial charge on any atom is -0.343 e. The van der Waals surface area contributed by atoms with Gasteiger partial charge in [-0.25, -0.2) is 9.97 Å². The van der Waals surface area contributed by atoms with E-state index in [1.165, 1.54) is 11.3 Å². The summed E-state index contributed by atoms with van der Waals surface area (Å²) < 4.78 is 0. The molecule has 2 rings (SSSR count). The largest absolute Gasteiger partial charge is 0.343 e. The van der Waals surface area contributed by atoms with Crippen molar-refractivity contribution in [2.75, 3.05) is 14.1 Å². The Morgan fingerprint density at radius 1 is 1.43 bits per heavy atom. The lowest BCUT2D eigenvalue weighted by Crippen LogP contribution is -2.11. The van der Waals surface area contributed by atoms with Crippen molar-refractivity contribution in [3.05, 3.63) is 23.8 Å². The topological polar surface area (TPSA) is 44.8 Å². The van der Waals surface area contributed by atoms with Crippen LogP contribution in [0.3, 0.4) is 0 Å². The van der Waals surface area contributed by atoms with E-state index in [9.17, 15) is 0 Å². The summed E-state index contributed by atoms with van der Waals surface area (Å²) >= 11 is 0. The summed E-state index contributed by atoms with van der Waals surface area (Å²) in [4.78, 5) is 13.6. The number of H-pyrrole nitrogens is 1. The fourth-order valence-electron chi connectivity index (χ4n) is 1.63. The van der Waals surface area contributed by atoms with E-state index >= 15 is 0 Å². The zero-order valence-corrected chi connectivity index (χ0v) is 8.70. The van der Waals surface area contributed by atoms with Crippen LogP contribution >= 0.6 is 0 Å². The number of aromatic amines is 1. The molecule has 2 heterocycles. The van der Waals surface area contributed by atoms with Crippen molar-refractivity contribution in [3.63, 3.8) is 0 Å². The summed E-state index contributed by atoms with van der Waals surface area (Å²) in [6, 6.07) is 0. The highest BCUT2D eigenvalue weighted by Gasteiger charge is 2.09. The van der Waals surface area contributed by atoms with E-state index < -0.39 is 0 Å². The molecule has 1 N–H and O–H groups in total. The summed E-state index contributed by atoms with van der Waals surface area (Å²) in [5, 5.41) is 1.12. The van der Waals surface area contributed by atoms with Crippen LogP contribution in [0.15, 0.2) is 12.5 Å². The van der Waals surface area contributed by atoms with Crippen molar-refractivity contribution in [2.24, 2.45) is 0 Å². The van der Waals surface area contributed by atoms with E-state index in [2.05, 4.69) is 40.9 Å². The van der Waals surface area contributed by atoms with E-state index in [-0.39, 0.29) is 0 Å². The van der Waals surface area contributed by atoms with Gasteiger partial charge in [-0.1, -0.05) is 0 Å². The number of nitrogens with zero attached hydrogens (tertiary/aromatic N) is 3. The third-order valence-electron chi connectivity index (χ3n) is 2.27. The summed E-state index contributed by atoms with van der Waals surface area (Å²) in [5.74, 6) is 0. The fourth-order valence-corrected chi connectivity index (χ4v) is 1.63. The Labute approximate surface area is 83.0 Å². The van der Waals surface area contributed by atoms with Crippen LogP contribution < -0.4 is 0 Å². The number of aromatic nitrogens is 3. The lowest BCUT2D eigenvalue weighted by atomic mass is 10.2. The van der Waals surface area contributed by atoms with Gasteiger partial charge in [0.05, 0.1) is 0 Å². The molecule has 2 aromatic rings. The van der Waals surface area contributed by atoms with Gasteiger partial charge in [-0.3, -0.25) is 0 Å². The summed E-state index contributed by atoms with van der Waals surface area (Å²) in [7, 11) is 4.12. The Bertz CT molecular complexity index is 444. The molecular formula is C10H14N4. The van der Waals surface area contributed by atoms with Gasteiger partial charge in [0, 0.05) is 23.8 Å². The molecule has 0 saturated carbocycles. The third-order valence-corrected chi connectivity index (χ3v) is 2.27. The molecule has 0 amide bonds. The van der Waals surface area contributed by atoms with Crippen molar-refractivity contribution >= 4 is 11.0 Å². The first-order valence-electron chi connectivity index (χ1n) is 4.60. The van der Waals surface area contributed by atoms with E-state index in [0.717, 1.165) is 17.6 Å². The molecule has 0 saturated heterocycles. The van der Waals surface area contributed by atoms with E-state index in [4.69, 9.17) is 0 Å². The Morgan fingerprint density at radius 3 is 2.93 bits per heavy atom. The van der Waals surface area contributed by atoms with Gasteiger partial charge >= 0.3 is 0 Å². The van der Waals surface area contributed by atoms with Gasteiger partial charge in [0.1, 0.15) is 12.0 Å². The molecule has 0 fully saturated rings. The second-order valence-electron chi connectivity index (χ2n) is 3.75. The van der Waals surface area contributed by atoms with Crippen LogP contribution in [-0.4, -0.2) is 33.9 Å². The normalized spacial score (nSPS) is 11.4. The quantitative estimate of drug-likeness (QED) is 0.777. The Balaban J connectivity index is 2.56. The van der Waals surface area contributed by atoms with Gasteiger partial charge in [0.2, 0.25) is 0 Å². The molecule has 0 aliphatic carbocycles. The van der Waals surface area contributed by atoms with Crippen LogP contribution in [-0.2, 0) is 6.54 Å². The Kier molecular flexibility index (Phi) is 2.21. The predicted octanol–water partition coefficient (Wildman–Crippen LogP) is 1.33. The number of nitrogens with one attached hydrogen (secondary N) is 1. The molecule has 0 spiro atoms. The molecule has 0 aliphatic rings. The van der Waals surface area contributed by atoms with Gasteiger partial charge in [0.15, 0.2) is 0 Å². The molecule has 2 aromatic heterocycles. The van der Waals surface area contributed by atoms with Gasteiger partial charge in [-0.2, -0.15) is 0 Å². The highest BCUT2D eigenvalue weighted by Crippen LogP contribution is 2.19. The molecule has 0 aromatic carbocycles. The van der Waals surface area contributed by atoms with E-state index in [1.54, 1.807) is 6.33 Å². The van der Waals surface area contributed by atoms with Crippen molar-refractivity contribution in [3.8, 4) is 0 Å². The van der Waals surface area contributed by atoms with Crippen molar-refractivity contribution < 1.29 is 0 Å². The molecule has 74 valence electrons. The van der Waals surface area contributed by atoms with Gasteiger partial charge in [-0.15, -0.1) is 0 Å². The Morgan fingerprint density at radius 2 is 2.21 bits per heavy atom. The van der Waals surface area contributed by atoms with Gasteiger partial charge in [-0.05, 0) is 26.6 Å². The maximum absolute atomic E-state index is 4.18. The lowest BCUT2D eigenvalue weighted by Gasteiger charge is -2.08. The van der Waals surface area contributed by atoms with Crippen LogP contribution in [0.4, 0.5) is 0 Å². The molecule has 0 aliphatic heterocycles. The highest BCUT2D eigenvalue weighted by molar-refractivity contribution is 5.80. The smallest absolute Gasteiger partial charge is 0.141 e. The zero-order valence-electron chi connectivity index (χ0n) is 8.70. The van der Waals surface area contributed by atoms with Crippen molar-refractivity contribution in [1.82, 2.24) is 19.9 Å². The number of hydrogen-bond donors (Lipinski definition) is 1. The second kappa shape index (κ2) is 3.38. The second-order valence-corrected chi connectivity index (χ2v) is 3.75. The molecule has 0 atom stereocenters. The van der Waals surface area contributed by atoms with Crippen LogP contribution in [0.2, 0.25) is 0 Å². The predicted molar refractivity (Wildman–Crippen MR) is 56.0 cm³/mol. The number of fused-ring (bicyclic) bond motifs is 1. The maximum Gasteiger partial charge on any atom is 0.141 e. The fraction of sp³-hybridized carbons (Fsp3) is 0.400. The van der Waals surface area contributed by atoms with Gasteiger partial charge in [0.25, 0.3) is 0 Å². The average molecular weight is 190 g/mol. The molecule has 0 radical (unpaired) electrons. The van der Waals surface area contributed by atoms with Crippen LogP contribution in [0, 0.1) is 6.92 Å². The third kappa shape index (κ3) is 1.48. The van der Waals surface area contributed by atoms with Crippen molar-refractivity contribution in [2.45, 2.75) is 13.5 Å². The summed E-state index contributed by atoms with van der Waals surface area (Å²) in [5.41, 5.74) is 3.38. The molecular weight excluding hydrogens is 176 g/mol. The van der Waals surface area contributed by atoms with Crippen molar-refractivity contribution in [1.29, 1.82) is 0 Å². The van der Waals surface area contributed by atoms with E-state index in [1.807, 2.05) is 6.20 Å². The number of rotatable bonds is 2. The van der Waals surface area contributed by atoms with Crippen LogP contribution in [0.25, 0.3) is 11.0 Å². The first kappa shape index (κ1) is 9.15. The van der Waals surface area contributed by atoms with E-state index in [0.29, 0.717) is 0 Å². The zero-order chi connectivity index (χ0) is 10.1. The van der Waals surface area contributed by atoms with Gasteiger partial charge < -0.3 is 9.88 Å². The number of aryl methyl sites for hydroxylation is 1. The summed E-state index contributed by atoms with van der Waals surface area (Å²) in [6.07, 6.45) is 3.43.